The second-order valence-corrected chi connectivity index (χ2v) is 9.44. The molecular formula is C25H28ClN3O3S. The molecule has 0 spiro atoms. The summed E-state index contributed by atoms with van der Waals surface area (Å²) in [4.78, 5) is 5.38. The number of methoxy groups -OCH3 is 2. The van der Waals surface area contributed by atoms with Crippen molar-refractivity contribution in [3.05, 3.63) is 77.3 Å². The van der Waals surface area contributed by atoms with E-state index in [9.17, 15) is 4.21 Å². The first-order valence-corrected chi connectivity index (χ1v) is 12.3. The molecule has 1 aliphatic heterocycles. The number of nitrogens with zero attached hydrogens (tertiary/aromatic N) is 2. The molecule has 0 aromatic heterocycles. The zero-order chi connectivity index (χ0) is 23.2. The summed E-state index contributed by atoms with van der Waals surface area (Å²) in [5, 5.41) is 0.517. The highest BCUT2D eigenvalue weighted by molar-refractivity contribution is 7.86. The van der Waals surface area contributed by atoms with Gasteiger partial charge in [0, 0.05) is 49.1 Å². The number of halogens is 1. The van der Waals surface area contributed by atoms with Crippen LogP contribution >= 0.6 is 11.6 Å². The summed E-state index contributed by atoms with van der Waals surface area (Å²) in [6, 6.07) is 21.4. The quantitative estimate of drug-likeness (QED) is 0.496. The van der Waals surface area contributed by atoms with Crippen molar-refractivity contribution in [2.24, 2.45) is 0 Å². The third kappa shape index (κ3) is 5.99. The van der Waals surface area contributed by atoms with Crippen LogP contribution in [0.5, 0.6) is 11.5 Å². The first-order chi connectivity index (χ1) is 16.1. The summed E-state index contributed by atoms with van der Waals surface area (Å²) < 4.78 is 26.4. The number of ether oxygens (including phenoxy) is 2. The van der Waals surface area contributed by atoms with Gasteiger partial charge in [-0.25, -0.2) is 4.21 Å². The van der Waals surface area contributed by atoms with Crippen LogP contribution in [-0.4, -0.2) is 49.5 Å². The van der Waals surface area contributed by atoms with Crippen LogP contribution in [-0.2, 0) is 17.5 Å². The van der Waals surface area contributed by atoms with Gasteiger partial charge in [-0.3, -0.25) is 4.90 Å². The van der Waals surface area contributed by atoms with Crippen molar-refractivity contribution < 1.29 is 13.7 Å². The van der Waals surface area contributed by atoms with Crippen LogP contribution in [0, 0.1) is 0 Å². The number of rotatable bonds is 8. The Hall–Kier alpha value is -2.74. The fourth-order valence-corrected chi connectivity index (χ4v) is 5.12. The molecule has 1 atom stereocenters. The van der Waals surface area contributed by atoms with Crippen LogP contribution in [0.1, 0.15) is 5.56 Å². The summed E-state index contributed by atoms with van der Waals surface area (Å²) >= 11 is 6.06. The molecule has 1 heterocycles. The molecule has 4 rings (SSSR count). The van der Waals surface area contributed by atoms with Crippen molar-refractivity contribution in [1.82, 2.24) is 4.90 Å². The minimum atomic E-state index is -1.48. The van der Waals surface area contributed by atoms with Crippen molar-refractivity contribution in [2.45, 2.75) is 11.4 Å². The van der Waals surface area contributed by atoms with Gasteiger partial charge in [-0.2, -0.15) is 0 Å². The van der Waals surface area contributed by atoms with Crippen LogP contribution in [0.4, 0.5) is 11.4 Å². The zero-order valence-corrected chi connectivity index (χ0v) is 20.4. The van der Waals surface area contributed by atoms with E-state index in [4.69, 9.17) is 21.1 Å². The minimum absolute atomic E-state index is 0.517. The average molecular weight is 486 g/mol. The van der Waals surface area contributed by atoms with E-state index in [1.807, 2.05) is 24.3 Å². The lowest BCUT2D eigenvalue weighted by Gasteiger charge is -2.36. The standard InChI is InChI=1S/C25H28ClN3O3S/c1-31-23-10-8-22(9-11-23)29-15-13-28(14-16-29)18-19-3-6-21(7-4-19)27-33(30)25-17-20(26)5-12-24(25)32-2/h3-12,17,27H,13-16,18H2,1-2H3. The Morgan fingerprint density at radius 2 is 1.61 bits per heavy atom. The maximum atomic E-state index is 12.8. The van der Waals surface area contributed by atoms with Crippen molar-refractivity contribution >= 4 is 34.0 Å². The van der Waals surface area contributed by atoms with E-state index in [1.54, 1.807) is 32.4 Å². The van der Waals surface area contributed by atoms with Crippen LogP contribution in [0.25, 0.3) is 0 Å². The van der Waals surface area contributed by atoms with Gasteiger partial charge >= 0.3 is 0 Å². The first kappa shape index (κ1) is 23.4. The SMILES string of the molecule is COc1ccc(N2CCN(Cc3ccc(NS(=O)c4cc(Cl)ccc4OC)cc3)CC2)cc1. The van der Waals surface area contributed by atoms with Crippen molar-refractivity contribution in [3.63, 3.8) is 0 Å². The van der Waals surface area contributed by atoms with Crippen LogP contribution in [0.15, 0.2) is 71.6 Å². The molecule has 1 saturated heterocycles. The van der Waals surface area contributed by atoms with Gasteiger partial charge in [0.25, 0.3) is 0 Å². The minimum Gasteiger partial charge on any atom is -0.497 e. The molecule has 0 aliphatic carbocycles. The second-order valence-electron chi connectivity index (χ2n) is 7.82. The van der Waals surface area contributed by atoms with Gasteiger partial charge in [0.1, 0.15) is 16.4 Å². The maximum Gasteiger partial charge on any atom is 0.154 e. The lowest BCUT2D eigenvalue weighted by atomic mass is 10.1. The zero-order valence-electron chi connectivity index (χ0n) is 18.8. The van der Waals surface area contributed by atoms with Gasteiger partial charge in [0.15, 0.2) is 11.0 Å². The second kappa shape index (κ2) is 10.9. The summed E-state index contributed by atoms with van der Waals surface area (Å²) in [5.74, 6) is 1.42. The number of benzene rings is 3. The maximum absolute atomic E-state index is 12.8. The predicted octanol–water partition coefficient (Wildman–Crippen LogP) is 4.81. The molecule has 1 unspecified atom stereocenters. The molecular weight excluding hydrogens is 458 g/mol. The number of hydrogen-bond donors (Lipinski definition) is 1. The molecule has 6 nitrogen and oxygen atoms in total. The third-order valence-corrected chi connectivity index (χ3v) is 7.08. The van der Waals surface area contributed by atoms with Crippen molar-refractivity contribution in [3.8, 4) is 11.5 Å². The molecule has 33 heavy (non-hydrogen) atoms. The van der Waals surface area contributed by atoms with E-state index < -0.39 is 11.0 Å². The molecule has 1 aliphatic rings. The molecule has 174 valence electrons. The number of hydrogen-bond acceptors (Lipinski definition) is 5. The lowest BCUT2D eigenvalue weighted by Crippen LogP contribution is -2.45. The van der Waals surface area contributed by atoms with Crippen LogP contribution in [0.3, 0.4) is 0 Å². The van der Waals surface area contributed by atoms with Crippen LogP contribution < -0.4 is 19.1 Å². The highest BCUT2D eigenvalue weighted by atomic mass is 35.5. The van der Waals surface area contributed by atoms with Gasteiger partial charge in [-0.1, -0.05) is 23.7 Å². The van der Waals surface area contributed by atoms with Gasteiger partial charge in [0.05, 0.1) is 14.2 Å². The average Bonchev–Trinajstić information content (AvgIpc) is 2.86. The summed E-state index contributed by atoms with van der Waals surface area (Å²) in [7, 11) is 1.76. The number of piperazine rings is 1. The molecule has 8 heteroatoms. The predicted molar refractivity (Wildman–Crippen MR) is 135 cm³/mol. The molecule has 0 bridgehead atoms. The van der Waals surface area contributed by atoms with E-state index in [0.29, 0.717) is 15.7 Å². The van der Waals surface area contributed by atoms with E-state index in [0.717, 1.165) is 44.2 Å². The Labute approximate surface area is 202 Å². The molecule has 0 saturated carbocycles. The molecule has 1 fully saturated rings. The lowest BCUT2D eigenvalue weighted by molar-refractivity contribution is 0.250. The highest BCUT2D eigenvalue weighted by Gasteiger charge is 2.18. The number of anilines is 2. The van der Waals surface area contributed by atoms with Gasteiger partial charge in [-0.15, -0.1) is 0 Å². The fraction of sp³-hybridized carbons (Fsp3) is 0.280. The highest BCUT2D eigenvalue weighted by Crippen LogP contribution is 2.27. The van der Waals surface area contributed by atoms with Crippen LogP contribution in [0.2, 0.25) is 5.02 Å². The van der Waals surface area contributed by atoms with Gasteiger partial charge in [-0.05, 0) is 60.2 Å². The van der Waals surface area contributed by atoms with Gasteiger partial charge in [0.2, 0.25) is 0 Å². The number of nitrogens with one attached hydrogen (secondary N) is 1. The molecule has 1 N–H and O–H groups in total. The summed E-state index contributed by atoms with van der Waals surface area (Å²) in [5.41, 5.74) is 3.24. The fourth-order valence-electron chi connectivity index (χ4n) is 3.85. The molecule has 3 aromatic carbocycles. The van der Waals surface area contributed by atoms with E-state index in [2.05, 4.69) is 38.8 Å². The topological polar surface area (TPSA) is 54.0 Å². The summed E-state index contributed by atoms with van der Waals surface area (Å²) in [6.45, 7) is 4.88. The molecule has 3 aromatic rings. The smallest absolute Gasteiger partial charge is 0.154 e. The third-order valence-electron chi connectivity index (χ3n) is 5.71. The van der Waals surface area contributed by atoms with Crippen molar-refractivity contribution in [1.29, 1.82) is 0 Å². The van der Waals surface area contributed by atoms with Gasteiger partial charge < -0.3 is 19.1 Å². The monoisotopic (exact) mass is 485 g/mol. The van der Waals surface area contributed by atoms with E-state index >= 15 is 0 Å². The molecule has 0 amide bonds. The van der Waals surface area contributed by atoms with E-state index in [1.165, 1.54) is 11.3 Å². The largest absolute Gasteiger partial charge is 0.497 e. The Balaban J connectivity index is 1.30. The van der Waals surface area contributed by atoms with Crippen molar-refractivity contribution in [2.75, 3.05) is 50.0 Å². The Morgan fingerprint density at radius 3 is 2.24 bits per heavy atom. The normalized spacial score (nSPS) is 15.2. The Morgan fingerprint density at radius 1 is 0.909 bits per heavy atom. The Kier molecular flexibility index (Phi) is 7.75. The first-order valence-electron chi connectivity index (χ1n) is 10.8. The van der Waals surface area contributed by atoms with E-state index in [-0.39, 0.29) is 0 Å². The molecule has 0 radical (unpaired) electrons. The summed E-state index contributed by atoms with van der Waals surface area (Å²) in [6.07, 6.45) is 0. The Bertz CT molecular complexity index is 1090.